The maximum absolute atomic E-state index is 13.5. The van der Waals surface area contributed by atoms with Crippen LogP contribution >= 0.6 is 0 Å². The number of piperidine rings is 1. The number of halogens is 2. The van der Waals surface area contributed by atoms with Gasteiger partial charge in [0.1, 0.15) is 5.82 Å². The van der Waals surface area contributed by atoms with Crippen molar-refractivity contribution in [2.24, 2.45) is 0 Å². The monoisotopic (exact) mass is 587 g/mol. The van der Waals surface area contributed by atoms with Crippen LogP contribution in [-0.2, 0) is 28.9 Å². The largest absolute Gasteiger partial charge is 0.336 e. The van der Waals surface area contributed by atoms with Crippen molar-refractivity contribution >= 4 is 33.4 Å². The van der Waals surface area contributed by atoms with Gasteiger partial charge in [-0.2, -0.15) is 0 Å². The molecule has 3 N–H and O–H groups in total. The maximum Gasteiger partial charge on any atom is 0.270 e. The Balaban J connectivity index is 1.33. The number of rotatable bonds is 10. The van der Waals surface area contributed by atoms with Crippen LogP contribution in [-0.4, -0.2) is 59.1 Å². The van der Waals surface area contributed by atoms with Crippen molar-refractivity contribution < 1.29 is 22.0 Å². The molecular weight excluding hydrogens is 552 g/mol. The first-order chi connectivity index (χ1) is 19.3. The number of benzene rings is 1. The van der Waals surface area contributed by atoms with E-state index in [2.05, 4.69) is 30.3 Å². The van der Waals surface area contributed by atoms with E-state index in [1.165, 1.54) is 24.4 Å². The molecule has 0 bridgehead atoms. The van der Waals surface area contributed by atoms with E-state index >= 15 is 0 Å². The molecule has 10 nitrogen and oxygen atoms in total. The van der Waals surface area contributed by atoms with Crippen LogP contribution in [0.15, 0.2) is 48.8 Å². The number of aryl methyl sites for hydroxylation is 1. The second kappa shape index (κ2) is 12.4. The molecule has 3 heterocycles. The first kappa shape index (κ1) is 30.3. The Hall–Kier alpha value is -3.71. The summed E-state index contributed by atoms with van der Waals surface area (Å²) in [6, 6.07) is 9.11. The van der Waals surface area contributed by atoms with Crippen molar-refractivity contribution in [2.45, 2.75) is 64.6 Å². The van der Waals surface area contributed by atoms with Gasteiger partial charge in [-0.05, 0) is 50.5 Å². The number of amides is 1. The number of sulfonamides is 1. The summed E-state index contributed by atoms with van der Waals surface area (Å²) < 4.78 is 52.3. The van der Waals surface area contributed by atoms with Crippen LogP contribution in [0.3, 0.4) is 0 Å². The van der Waals surface area contributed by atoms with E-state index in [0.29, 0.717) is 36.7 Å². The minimum Gasteiger partial charge on any atom is -0.336 e. The van der Waals surface area contributed by atoms with Crippen LogP contribution in [0.4, 0.5) is 26.2 Å². The topological polar surface area (TPSA) is 129 Å². The van der Waals surface area contributed by atoms with Gasteiger partial charge in [0.05, 0.1) is 11.9 Å². The zero-order valence-corrected chi connectivity index (χ0v) is 24.3. The van der Waals surface area contributed by atoms with E-state index < -0.39 is 15.9 Å². The highest BCUT2D eigenvalue weighted by atomic mass is 32.2. The van der Waals surface area contributed by atoms with Gasteiger partial charge in [0.2, 0.25) is 16.0 Å². The van der Waals surface area contributed by atoms with Crippen LogP contribution in [0, 0.1) is 0 Å². The van der Waals surface area contributed by atoms with Gasteiger partial charge in [-0.1, -0.05) is 19.1 Å². The van der Waals surface area contributed by atoms with Crippen molar-refractivity contribution in [1.82, 2.24) is 25.2 Å². The summed E-state index contributed by atoms with van der Waals surface area (Å²) in [4.78, 5) is 28.0. The van der Waals surface area contributed by atoms with Gasteiger partial charge >= 0.3 is 0 Å². The lowest BCUT2D eigenvalue weighted by Gasteiger charge is -2.38. The molecule has 41 heavy (non-hydrogen) atoms. The Morgan fingerprint density at radius 3 is 2.54 bits per heavy atom. The number of carbonyl (C=O) groups is 1. The molecule has 0 saturated carbocycles. The van der Waals surface area contributed by atoms with Crippen LogP contribution in [0.2, 0.25) is 0 Å². The average Bonchev–Trinajstić information content (AvgIpc) is 2.91. The molecule has 2 aromatic heterocycles. The first-order valence-corrected chi connectivity index (χ1v) is 15.3. The molecule has 1 aromatic carbocycles. The zero-order valence-electron chi connectivity index (χ0n) is 23.5. The molecule has 0 aliphatic carbocycles. The fourth-order valence-corrected chi connectivity index (χ4v) is 5.31. The average molecular weight is 588 g/mol. The quantitative estimate of drug-likeness (QED) is 0.318. The number of alkyl halides is 2. The molecule has 1 amide bonds. The number of aromatic nitrogens is 3. The van der Waals surface area contributed by atoms with Gasteiger partial charge in [-0.3, -0.25) is 9.52 Å². The number of hydrogen-bond acceptors (Lipinski definition) is 8. The van der Waals surface area contributed by atoms with Crippen molar-refractivity contribution in [2.75, 3.05) is 22.8 Å². The number of nitrogens with zero attached hydrogens (tertiary/aromatic N) is 4. The van der Waals surface area contributed by atoms with Crippen molar-refractivity contribution in [3.63, 3.8) is 0 Å². The van der Waals surface area contributed by atoms with E-state index in [4.69, 9.17) is 0 Å². The molecule has 2 atom stereocenters. The molecule has 0 spiro atoms. The molecule has 1 aliphatic heterocycles. The van der Waals surface area contributed by atoms with Crippen LogP contribution in [0.1, 0.15) is 60.8 Å². The second-order valence-corrected chi connectivity index (χ2v) is 12.1. The minimum absolute atomic E-state index is 0.0271. The highest BCUT2D eigenvalue weighted by molar-refractivity contribution is 7.92. The molecule has 1 fully saturated rings. The van der Waals surface area contributed by atoms with Crippen LogP contribution < -0.4 is 15.4 Å². The maximum atomic E-state index is 13.5. The van der Waals surface area contributed by atoms with Gasteiger partial charge in [0, 0.05) is 66.9 Å². The molecule has 4 rings (SSSR count). The lowest BCUT2D eigenvalue weighted by molar-refractivity contribution is 0.0175. The Morgan fingerprint density at radius 1 is 1.17 bits per heavy atom. The van der Waals surface area contributed by atoms with E-state index in [0.717, 1.165) is 37.3 Å². The molecule has 220 valence electrons. The highest BCUT2D eigenvalue weighted by Gasteiger charge is 2.29. The summed E-state index contributed by atoms with van der Waals surface area (Å²) in [5.74, 6) is -2.56. The summed E-state index contributed by atoms with van der Waals surface area (Å²) >= 11 is 0. The van der Waals surface area contributed by atoms with E-state index in [-0.39, 0.29) is 29.4 Å². The number of pyridine rings is 1. The highest BCUT2D eigenvalue weighted by Crippen LogP contribution is 2.28. The number of hydrogen-bond donors (Lipinski definition) is 3. The molecule has 3 aromatic rings. The third-order valence-corrected chi connectivity index (χ3v) is 7.53. The van der Waals surface area contributed by atoms with Gasteiger partial charge in [0.15, 0.2) is 0 Å². The predicted octanol–water partition coefficient (Wildman–Crippen LogP) is 4.44. The van der Waals surface area contributed by atoms with Gasteiger partial charge in [-0.25, -0.2) is 32.2 Å². The normalized spacial score (nSPS) is 17.8. The fraction of sp³-hybridized carbons (Fsp3) is 0.429. The van der Waals surface area contributed by atoms with E-state index in [9.17, 15) is 22.0 Å². The van der Waals surface area contributed by atoms with E-state index in [1.54, 1.807) is 29.3 Å². The van der Waals surface area contributed by atoms with Gasteiger partial charge < -0.3 is 15.5 Å². The summed E-state index contributed by atoms with van der Waals surface area (Å²) in [6.45, 7) is 5.99. The van der Waals surface area contributed by atoms with Crippen molar-refractivity contribution in [3.05, 3.63) is 71.2 Å². The van der Waals surface area contributed by atoms with Crippen molar-refractivity contribution in [1.29, 1.82) is 0 Å². The molecule has 13 heteroatoms. The Morgan fingerprint density at radius 2 is 1.90 bits per heavy atom. The Bertz CT molecular complexity index is 1480. The predicted molar refractivity (Wildman–Crippen MR) is 154 cm³/mol. The van der Waals surface area contributed by atoms with Crippen LogP contribution in [0.5, 0.6) is 0 Å². The molecule has 0 radical (unpaired) electrons. The molecule has 0 unspecified atom stereocenters. The number of nitrogens with one attached hydrogen (secondary N) is 3. The number of likely N-dealkylation sites (tertiary alicyclic amines) is 1. The Kier molecular flexibility index (Phi) is 9.17. The number of anilines is 3. The molecule has 1 aliphatic rings. The smallest absolute Gasteiger partial charge is 0.270 e. The summed E-state index contributed by atoms with van der Waals surface area (Å²) in [5.41, 5.74) is 2.78. The molecular formula is C28H35F2N7O3S. The standard InChI is InChI=1S/C28H35F2N7O3S/c1-5-24-20(17-33-27(35-24)34-22-8-6-21(7-9-22)28(3,29)30)16-32-23-11-13-37(18(2)14-23)26(38)19-10-12-31-25(15-19)36-41(4,39)40/h6-10,12,15,17-18,23,32H,5,11,13-14,16H2,1-4H3,(H,31,36)(H,33,34,35)/t18-,23+/m1/s1. The Labute approximate surface area is 239 Å². The molecule has 1 saturated heterocycles. The summed E-state index contributed by atoms with van der Waals surface area (Å²) in [7, 11) is -3.50. The minimum atomic E-state index is -3.50. The first-order valence-electron chi connectivity index (χ1n) is 13.4. The lowest BCUT2D eigenvalue weighted by atomic mass is 9.97. The van der Waals surface area contributed by atoms with Gasteiger partial charge in [-0.15, -0.1) is 0 Å². The van der Waals surface area contributed by atoms with E-state index in [1.807, 2.05) is 13.8 Å². The zero-order chi connectivity index (χ0) is 29.8. The summed E-state index contributed by atoms with van der Waals surface area (Å²) in [6.07, 6.45) is 6.41. The van der Waals surface area contributed by atoms with Crippen molar-refractivity contribution in [3.8, 4) is 0 Å². The van der Waals surface area contributed by atoms with Gasteiger partial charge in [0.25, 0.3) is 11.8 Å². The SMILES string of the molecule is CCc1nc(Nc2ccc(C(C)(F)F)cc2)ncc1CN[C@H]1CCN(C(=O)c2ccnc(NS(C)(=O)=O)c2)[C@H](C)C1. The number of carbonyl (C=O) groups excluding carboxylic acids is 1. The lowest BCUT2D eigenvalue weighted by Crippen LogP contribution is -2.49. The third-order valence-electron chi connectivity index (χ3n) is 6.95. The third kappa shape index (κ3) is 8.17. The summed E-state index contributed by atoms with van der Waals surface area (Å²) in [5, 5.41) is 6.65. The van der Waals surface area contributed by atoms with Crippen LogP contribution in [0.25, 0.3) is 0 Å². The second-order valence-electron chi connectivity index (χ2n) is 10.4. The fourth-order valence-electron chi connectivity index (χ4n) is 4.82.